The van der Waals surface area contributed by atoms with Gasteiger partial charge in [0.1, 0.15) is 0 Å². The highest BCUT2D eigenvalue weighted by molar-refractivity contribution is 6.34. The molecular weight excluding hydrogens is 571 g/mol. The number of hydrogen-bond acceptors (Lipinski definition) is 2. The molecule has 0 radical (unpaired) electrons. The lowest BCUT2D eigenvalue weighted by Gasteiger charge is -2.14. The Hall–Kier alpha value is -4.64. The minimum absolute atomic E-state index is 0.698. The van der Waals surface area contributed by atoms with Gasteiger partial charge in [0.25, 0.3) is 0 Å². The summed E-state index contributed by atoms with van der Waals surface area (Å²) in [4.78, 5) is 9.71. The molecule has 0 aliphatic carbocycles. The summed E-state index contributed by atoms with van der Waals surface area (Å²) in [5, 5.41) is 6.20. The van der Waals surface area contributed by atoms with Gasteiger partial charge < -0.3 is 9.13 Å². The Kier molecular flexibility index (Phi) is 6.40. The molecule has 208 valence electrons. The third-order valence-corrected chi connectivity index (χ3v) is 9.04. The fraction of sp³-hybridized carbons (Fsp3) is 0.0811. The second kappa shape index (κ2) is 10.6. The van der Waals surface area contributed by atoms with Crippen LogP contribution in [0.2, 0.25) is 10.0 Å². The summed E-state index contributed by atoms with van der Waals surface area (Å²) in [6.07, 6.45) is 4.67. The fourth-order valence-corrected chi connectivity index (χ4v) is 7.01. The van der Waals surface area contributed by atoms with Gasteiger partial charge in [0.05, 0.1) is 32.5 Å². The van der Waals surface area contributed by atoms with Gasteiger partial charge >= 0.3 is 0 Å². The number of para-hydroxylation sites is 2. The number of nitrogens with zero attached hydrogens (tertiary/aromatic N) is 4. The van der Waals surface area contributed by atoms with Gasteiger partial charge in [-0.2, -0.15) is 0 Å². The molecule has 0 spiro atoms. The predicted molar refractivity (Wildman–Crippen MR) is 180 cm³/mol. The van der Waals surface area contributed by atoms with E-state index >= 15 is 0 Å². The maximum Gasteiger partial charge on any atom is 0.0960 e. The molecule has 4 nitrogen and oxygen atoms in total. The molecule has 4 aromatic heterocycles. The van der Waals surface area contributed by atoms with Crippen LogP contribution < -0.4 is 0 Å². The van der Waals surface area contributed by atoms with Crippen LogP contribution in [0.1, 0.15) is 6.42 Å². The number of fused-ring (bicyclic) bond motifs is 6. The summed E-state index contributed by atoms with van der Waals surface area (Å²) in [6, 6.07) is 37.3. The zero-order valence-electron chi connectivity index (χ0n) is 23.2. The van der Waals surface area contributed by atoms with Gasteiger partial charge in [0.2, 0.25) is 0 Å². The van der Waals surface area contributed by atoms with Gasteiger partial charge in [-0.05, 0) is 42.8 Å². The molecule has 4 heterocycles. The summed E-state index contributed by atoms with van der Waals surface area (Å²) in [5.41, 5.74) is 8.30. The highest BCUT2D eigenvalue weighted by atomic mass is 35.5. The van der Waals surface area contributed by atoms with Crippen molar-refractivity contribution in [2.75, 3.05) is 0 Å². The van der Waals surface area contributed by atoms with Gasteiger partial charge in [-0.15, -0.1) is 0 Å². The Morgan fingerprint density at radius 1 is 0.465 bits per heavy atom. The van der Waals surface area contributed by atoms with Crippen molar-refractivity contribution >= 4 is 66.8 Å². The minimum atomic E-state index is 0.698. The van der Waals surface area contributed by atoms with E-state index in [1.165, 1.54) is 32.6 Å². The molecule has 0 aliphatic heterocycles. The second-order valence-electron chi connectivity index (χ2n) is 10.8. The number of aryl methyl sites for hydroxylation is 2. The molecule has 0 atom stereocenters. The smallest absolute Gasteiger partial charge is 0.0960 e. The zero-order valence-corrected chi connectivity index (χ0v) is 24.7. The molecule has 8 aromatic rings. The molecule has 0 fully saturated rings. The van der Waals surface area contributed by atoms with Crippen LogP contribution in [-0.2, 0) is 13.1 Å². The van der Waals surface area contributed by atoms with Crippen molar-refractivity contribution in [2.45, 2.75) is 19.5 Å². The maximum atomic E-state index is 6.70. The molecule has 0 N–H and O–H groups in total. The SMILES string of the molecule is Clc1ccccc1-c1nccc2c3ccccc3n(CCCn3c4ccccc4c4ccnc(-c5ccccc5Cl)c43)c12. The largest absolute Gasteiger partial charge is 0.339 e. The topological polar surface area (TPSA) is 35.6 Å². The quantitative estimate of drug-likeness (QED) is 0.191. The van der Waals surface area contributed by atoms with Crippen molar-refractivity contribution in [3.8, 4) is 22.5 Å². The van der Waals surface area contributed by atoms with E-state index in [2.05, 4.69) is 69.8 Å². The first-order chi connectivity index (χ1) is 21.2. The lowest BCUT2D eigenvalue weighted by molar-refractivity contribution is 0.602. The van der Waals surface area contributed by atoms with E-state index in [0.29, 0.717) is 10.0 Å². The minimum Gasteiger partial charge on any atom is -0.339 e. The molecule has 4 aromatic carbocycles. The summed E-state index contributed by atoms with van der Waals surface area (Å²) in [7, 11) is 0. The Morgan fingerprint density at radius 3 is 1.35 bits per heavy atom. The monoisotopic (exact) mass is 596 g/mol. The van der Waals surface area contributed by atoms with Crippen LogP contribution in [0.5, 0.6) is 0 Å². The first-order valence-corrected chi connectivity index (χ1v) is 15.2. The molecule has 0 aliphatic rings. The van der Waals surface area contributed by atoms with E-state index in [4.69, 9.17) is 33.2 Å². The van der Waals surface area contributed by atoms with Crippen molar-refractivity contribution < 1.29 is 0 Å². The Labute approximate surface area is 258 Å². The van der Waals surface area contributed by atoms with E-state index in [1.807, 2.05) is 60.9 Å². The molecule has 0 saturated carbocycles. The van der Waals surface area contributed by atoms with E-state index in [1.54, 1.807) is 0 Å². The molecule has 0 bridgehead atoms. The third-order valence-electron chi connectivity index (χ3n) is 8.38. The summed E-state index contributed by atoms with van der Waals surface area (Å²) in [6.45, 7) is 1.62. The van der Waals surface area contributed by atoms with Crippen molar-refractivity contribution in [1.82, 2.24) is 19.1 Å². The van der Waals surface area contributed by atoms with Crippen molar-refractivity contribution in [1.29, 1.82) is 0 Å². The molecular formula is C37H26Cl2N4. The maximum absolute atomic E-state index is 6.70. The van der Waals surface area contributed by atoms with Crippen molar-refractivity contribution in [3.63, 3.8) is 0 Å². The van der Waals surface area contributed by atoms with Crippen LogP contribution in [0, 0.1) is 0 Å². The Bertz CT molecular complexity index is 2150. The fourth-order valence-electron chi connectivity index (χ4n) is 6.56. The normalized spacial score (nSPS) is 11.8. The van der Waals surface area contributed by atoms with E-state index in [9.17, 15) is 0 Å². The second-order valence-corrected chi connectivity index (χ2v) is 11.6. The summed E-state index contributed by atoms with van der Waals surface area (Å²) < 4.78 is 4.83. The molecule has 0 unspecified atom stereocenters. The highest BCUT2D eigenvalue weighted by Crippen LogP contribution is 2.39. The van der Waals surface area contributed by atoms with Crippen molar-refractivity contribution in [2.24, 2.45) is 0 Å². The van der Waals surface area contributed by atoms with Crippen LogP contribution in [0.3, 0.4) is 0 Å². The highest BCUT2D eigenvalue weighted by Gasteiger charge is 2.19. The summed E-state index contributed by atoms with van der Waals surface area (Å²) >= 11 is 13.4. The van der Waals surface area contributed by atoms with E-state index in [0.717, 1.165) is 53.1 Å². The van der Waals surface area contributed by atoms with Crippen molar-refractivity contribution in [3.05, 3.63) is 132 Å². The van der Waals surface area contributed by atoms with Gasteiger partial charge in [0, 0.05) is 69.2 Å². The molecule has 43 heavy (non-hydrogen) atoms. The van der Waals surface area contributed by atoms with Crippen LogP contribution in [0.4, 0.5) is 0 Å². The van der Waals surface area contributed by atoms with Gasteiger partial charge in [-0.1, -0.05) is 96.0 Å². The van der Waals surface area contributed by atoms with Gasteiger partial charge in [0.15, 0.2) is 0 Å². The van der Waals surface area contributed by atoms with Crippen LogP contribution in [0.25, 0.3) is 66.1 Å². The molecule has 6 heteroatoms. The number of halogens is 2. The van der Waals surface area contributed by atoms with Gasteiger partial charge in [-0.3, -0.25) is 9.97 Å². The number of hydrogen-bond donors (Lipinski definition) is 0. The van der Waals surface area contributed by atoms with E-state index in [-0.39, 0.29) is 0 Å². The van der Waals surface area contributed by atoms with Crippen LogP contribution in [-0.4, -0.2) is 19.1 Å². The van der Waals surface area contributed by atoms with E-state index < -0.39 is 0 Å². The summed E-state index contributed by atoms with van der Waals surface area (Å²) in [5.74, 6) is 0. The number of pyridine rings is 2. The zero-order chi connectivity index (χ0) is 28.9. The lowest BCUT2D eigenvalue weighted by atomic mass is 10.1. The Balaban J connectivity index is 1.27. The van der Waals surface area contributed by atoms with Crippen LogP contribution >= 0.6 is 23.2 Å². The van der Waals surface area contributed by atoms with Crippen LogP contribution in [0.15, 0.2) is 122 Å². The molecule has 8 rings (SSSR count). The third kappa shape index (κ3) is 4.21. The molecule has 0 saturated heterocycles. The molecule has 0 amide bonds. The first-order valence-electron chi connectivity index (χ1n) is 14.4. The number of rotatable bonds is 6. The first kappa shape index (κ1) is 26.0. The Morgan fingerprint density at radius 2 is 0.884 bits per heavy atom. The average molecular weight is 598 g/mol. The van der Waals surface area contributed by atoms with Gasteiger partial charge in [-0.25, -0.2) is 0 Å². The number of aromatic nitrogens is 4. The lowest BCUT2D eigenvalue weighted by Crippen LogP contribution is -2.06. The average Bonchev–Trinajstić information content (AvgIpc) is 3.55. The predicted octanol–water partition coefficient (Wildman–Crippen LogP) is 10.4. The number of benzene rings is 4. The standard InChI is InChI=1S/C37H26Cl2N4/c38-30-14-5-1-12-28(30)34-36-26(18-20-40-34)24-10-3-7-16-32(24)42(36)22-9-23-43-33-17-8-4-11-25(33)27-19-21-41-35(37(27)43)29-13-2-6-15-31(29)39/h1-8,10-21H,9,22-23H2.